The molecule has 6 heteroatoms. The number of benzene rings is 1. The first kappa shape index (κ1) is 14.3. The smallest absolute Gasteiger partial charge is 0.241 e. The molecule has 2 rings (SSSR count). The van der Waals surface area contributed by atoms with Crippen molar-refractivity contribution in [2.24, 2.45) is 0 Å². The summed E-state index contributed by atoms with van der Waals surface area (Å²) in [5.74, 6) is 0.102. The van der Waals surface area contributed by atoms with E-state index in [1.54, 1.807) is 16.2 Å². The Labute approximate surface area is 125 Å². The molecule has 4 nitrogen and oxygen atoms in total. The monoisotopic (exact) mass is 341 g/mol. The van der Waals surface area contributed by atoms with E-state index in [1.165, 1.54) is 0 Å². The third kappa shape index (κ3) is 3.45. The van der Waals surface area contributed by atoms with E-state index in [1.807, 2.05) is 32.0 Å². The SMILES string of the molecule is CCN(CC)C(=O)CNc1nc2ccc(Br)cc2s1. The molecule has 0 unspecified atom stereocenters. The number of carbonyl (C=O) groups is 1. The maximum atomic E-state index is 11.9. The highest BCUT2D eigenvalue weighted by molar-refractivity contribution is 9.10. The first-order chi connectivity index (χ1) is 9.13. The number of carbonyl (C=O) groups excluding carboxylic acids is 1. The third-order valence-corrected chi connectivity index (χ3v) is 4.33. The van der Waals surface area contributed by atoms with Crippen LogP contribution in [0.3, 0.4) is 0 Å². The standard InChI is InChI=1S/C13H16BrN3OS/c1-3-17(4-2)12(18)8-15-13-16-10-6-5-9(14)7-11(10)19-13/h5-7H,3-4,8H2,1-2H3,(H,15,16). The fraction of sp³-hybridized carbons (Fsp3) is 0.385. The Morgan fingerprint density at radius 1 is 1.42 bits per heavy atom. The molecule has 0 bridgehead atoms. The van der Waals surface area contributed by atoms with Gasteiger partial charge in [-0.1, -0.05) is 27.3 Å². The minimum Gasteiger partial charge on any atom is -0.352 e. The summed E-state index contributed by atoms with van der Waals surface area (Å²) in [6, 6.07) is 5.96. The van der Waals surface area contributed by atoms with Gasteiger partial charge in [0, 0.05) is 17.6 Å². The molecule has 102 valence electrons. The lowest BCUT2D eigenvalue weighted by Gasteiger charge is -2.18. The Bertz CT molecular complexity index is 580. The highest BCUT2D eigenvalue weighted by Crippen LogP contribution is 2.28. The second-order valence-corrected chi connectivity index (χ2v) is 6.00. The molecule has 2 aromatic rings. The molecular formula is C13H16BrN3OS. The van der Waals surface area contributed by atoms with Crippen LogP contribution in [-0.4, -0.2) is 35.4 Å². The topological polar surface area (TPSA) is 45.2 Å². The lowest BCUT2D eigenvalue weighted by Crippen LogP contribution is -2.35. The molecule has 0 radical (unpaired) electrons. The van der Waals surface area contributed by atoms with E-state index >= 15 is 0 Å². The first-order valence-electron chi connectivity index (χ1n) is 6.21. The van der Waals surface area contributed by atoms with E-state index in [-0.39, 0.29) is 5.91 Å². The van der Waals surface area contributed by atoms with Crippen molar-refractivity contribution in [2.75, 3.05) is 25.0 Å². The fourth-order valence-corrected chi connectivity index (χ4v) is 3.23. The van der Waals surface area contributed by atoms with Crippen LogP contribution in [0.4, 0.5) is 5.13 Å². The zero-order valence-electron chi connectivity index (χ0n) is 10.9. The molecule has 0 saturated carbocycles. The van der Waals surface area contributed by atoms with Crippen molar-refractivity contribution in [3.05, 3.63) is 22.7 Å². The van der Waals surface area contributed by atoms with Crippen molar-refractivity contribution in [2.45, 2.75) is 13.8 Å². The Morgan fingerprint density at radius 2 is 2.16 bits per heavy atom. The molecule has 0 aliphatic carbocycles. The summed E-state index contributed by atoms with van der Waals surface area (Å²) in [5, 5.41) is 3.89. The number of nitrogens with one attached hydrogen (secondary N) is 1. The molecule has 0 spiro atoms. The van der Waals surface area contributed by atoms with Gasteiger partial charge in [-0.15, -0.1) is 0 Å². The van der Waals surface area contributed by atoms with Gasteiger partial charge in [0.1, 0.15) is 0 Å². The highest BCUT2D eigenvalue weighted by atomic mass is 79.9. The van der Waals surface area contributed by atoms with E-state index < -0.39 is 0 Å². The number of rotatable bonds is 5. The quantitative estimate of drug-likeness (QED) is 0.906. The fourth-order valence-electron chi connectivity index (χ4n) is 1.81. The lowest BCUT2D eigenvalue weighted by atomic mass is 10.3. The van der Waals surface area contributed by atoms with Crippen molar-refractivity contribution < 1.29 is 4.79 Å². The van der Waals surface area contributed by atoms with E-state index in [9.17, 15) is 4.79 Å². The Balaban J connectivity index is 2.03. The van der Waals surface area contributed by atoms with Crippen LogP contribution in [0.25, 0.3) is 10.2 Å². The zero-order valence-corrected chi connectivity index (χ0v) is 13.3. The van der Waals surface area contributed by atoms with Crippen LogP contribution < -0.4 is 5.32 Å². The maximum Gasteiger partial charge on any atom is 0.241 e. The Kier molecular flexibility index (Phi) is 4.76. The summed E-state index contributed by atoms with van der Waals surface area (Å²) in [6.45, 7) is 5.74. The van der Waals surface area contributed by atoms with Gasteiger partial charge in [-0.05, 0) is 32.0 Å². The molecule has 1 N–H and O–H groups in total. The van der Waals surface area contributed by atoms with Gasteiger partial charge in [-0.2, -0.15) is 0 Å². The molecule has 1 amide bonds. The number of hydrogen-bond donors (Lipinski definition) is 1. The van der Waals surface area contributed by atoms with Crippen LogP contribution in [0.5, 0.6) is 0 Å². The summed E-state index contributed by atoms with van der Waals surface area (Å²) in [5.41, 5.74) is 0.950. The number of aromatic nitrogens is 1. The van der Waals surface area contributed by atoms with Crippen LogP contribution in [0.15, 0.2) is 22.7 Å². The number of nitrogens with zero attached hydrogens (tertiary/aromatic N) is 2. The number of thiazole rings is 1. The van der Waals surface area contributed by atoms with Gasteiger partial charge in [-0.25, -0.2) is 4.98 Å². The zero-order chi connectivity index (χ0) is 13.8. The number of hydrogen-bond acceptors (Lipinski definition) is 4. The number of amides is 1. The molecule has 1 heterocycles. The normalized spacial score (nSPS) is 10.7. The Morgan fingerprint density at radius 3 is 2.84 bits per heavy atom. The Hall–Kier alpha value is -1.14. The van der Waals surface area contributed by atoms with E-state index in [4.69, 9.17) is 0 Å². The van der Waals surface area contributed by atoms with Gasteiger partial charge < -0.3 is 10.2 Å². The summed E-state index contributed by atoms with van der Waals surface area (Å²) >= 11 is 5.00. The molecule has 1 aromatic carbocycles. The summed E-state index contributed by atoms with van der Waals surface area (Å²) < 4.78 is 2.14. The van der Waals surface area contributed by atoms with Gasteiger partial charge in [-0.3, -0.25) is 4.79 Å². The maximum absolute atomic E-state index is 11.9. The van der Waals surface area contributed by atoms with E-state index in [0.717, 1.165) is 32.9 Å². The minimum atomic E-state index is 0.102. The summed E-state index contributed by atoms with van der Waals surface area (Å²) in [7, 11) is 0. The van der Waals surface area contributed by atoms with Crippen LogP contribution in [0.1, 0.15) is 13.8 Å². The van der Waals surface area contributed by atoms with Gasteiger partial charge in [0.15, 0.2) is 5.13 Å². The molecule has 0 fully saturated rings. The summed E-state index contributed by atoms with van der Waals surface area (Å²) in [6.07, 6.45) is 0. The first-order valence-corrected chi connectivity index (χ1v) is 7.82. The molecule has 0 aliphatic heterocycles. The predicted octanol–water partition coefficient (Wildman–Crippen LogP) is 3.34. The van der Waals surface area contributed by atoms with Crippen molar-refractivity contribution in [1.29, 1.82) is 0 Å². The lowest BCUT2D eigenvalue weighted by molar-refractivity contribution is -0.128. The summed E-state index contributed by atoms with van der Waals surface area (Å²) in [4.78, 5) is 18.1. The van der Waals surface area contributed by atoms with Crippen molar-refractivity contribution in [3.8, 4) is 0 Å². The average molecular weight is 342 g/mol. The average Bonchev–Trinajstić information content (AvgIpc) is 2.79. The molecule has 0 saturated heterocycles. The predicted molar refractivity (Wildman–Crippen MR) is 83.7 cm³/mol. The molecular weight excluding hydrogens is 326 g/mol. The van der Waals surface area contributed by atoms with Crippen molar-refractivity contribution in [1.82, 2.24) is 9.88 Å². The minimum absolute atomic E-state index is 0.102. The van der Waals surface area contributed by atoms with E-state index in [2.05, 4.69) is 26.2 Å². The van der Waals surface area contributed by atoms with Crippen molar-refractivity contribution >= 4 is 48.5 Å². The van der Waals surface area contributed by atoms with Gasteiger partial charge >= 0.3 is 0 Å². The van der Waals surface area contributed by atoms with E-state index in [0.29, 0.717) is 6.54 Å². The third-order valence-electron chi connectivity index (χ3n) is 2.86. The second-order valence-electron chi connectivity index (χ2n) is 4.05. The molecule has 0 atom stereocenters. The highest BCUT2D eigenvalue weighted by Gasteiger charge is 2.10. The van der Waals surface area contributed by atoms with Crippen molar-refractivity contribution in [3.63, 3.8) is 0 Å². The number of likely N-dealkylation sites (N-methyl/N-ethyl adjacent to an activating group) is 1. The number of halogens is 1. The van der Waals surface area contributed by atoms with Crippen LogP contribution in [0, 0.1) is 0 Å². The van der Waals surface area contributed by atoms with Crippen LogP contribution >= 0.6 is 27.3 Å². The van der Waals surface area contributed by atoms with Crippen LogP contribution in [-0.2, 0) is 4.79 Å². The largest absolute Gasteiger partial charge is 0.352 e. The number of fused-ring (bicyclic) bond motifs is 1. The van der Waals surface area contributed by atoms with Gasteiger partial charge in [0.2, 0.25) is 5.91 Å². The molecule has 1 aromatic heterocycles. The molecule has 19 heavy (non-hydrogen) atoms. The van der Waals surface area contributed by atoms with Gasteiger partial charge in [0.05, 0.1) is 16.8 Å². The number of anilines is 1. The second kappa shape index (κ2) is 6.34. The van der Waals surface area contributed by atoms with Crippen LogP contribution in [0.2, 0.25) is 0 Å². The van der Waals surface area contributed by atoms with Gasteiger partial charge in [0.25, 0.3) is 0 Å². The molecule has 0 aliphatic rings.